The van der Waals surface area contributed by atoms with Gasteiger partial charge in [0.2, 0.25) is 5.78 Å². The number of hydrogen-bond donors (Lipinski definition) is 0. The predicted molar refractivity (Wildman–Crippen MR) is 151 cm³/mol. The average Bonchev–Trinajstić information content (AvgIpc) is 3.33. The summed E-state index contributed by atoms with van der Waals surface area (Å²) in [6.07, 6.45) is 0. The number of nitriles is 1. The molecule has 1 aliphatic rings. The van der Waals surface area contributed by atoms with Crippen LogP contribution in [0, 0.1) is 18.3 Å². The molecule has 7 nitrogen and oxygen atoms in total. The maximum atomic E-state index is 13.5. The van der Waals surface area contributed by atoms with Crippen molar-refractivity contribution in [2.24, 2.45) is 0 Å². The standard InChI is InChI=1S/C31H30ClN5O2/c1-22-3-7-24(8-4-22)31(38)30-28(19-33)29(37(34-30)26-11-9-25(32)10-12-26)21-36-17-15-35(16-18-36)20-23-5-13-27(39-2)14-6-23/h3-14H,15-18,20-21H2,1-2H3. The van der Waals surface area contributed by atoms with E-state index in [1.165, 1.54) is 5.56 Å². The van der Waals surface area contributed by atoms with Crippen molar-refractivity contribution in [2.75, 3.05) is 33.3 Å². The second kappa shape index (κ2) is 11.8. The van der Waals surface area contributed by atoms with Crippen LogP contribution in [-0.2, 0) is 13.1 Å². The molecule has 1 aliphatic heterocycles. The third kappa shape index (κ3) is 6.04. The number of methoxy groups -OCH3 is 1. The average molecular weight is 540 g/mol. The van der Waals surface area contributed by atoms with Crippen LogP contribution < -0.4 is 4.74 Å². The number of rotatable bonds is 8. The summed E-state index contributed by atoms with van der Waals surface area (Å²) in [5, 5.41) is 15.5. The van der Waals surface area contributed by atoms with Gasteiger partial charge in [-0.1, -0.05) is 53.6 Å². The fourth-order valence-electron chi connectivity index (χ4n) is 4.82. The van der Waals surface area contributed by atoms with Crippen molar-refractivity contribution in [1.29, 1.82) is 5.26 Å². The minimum atomic E-state index is -0.259. The van der Waals surface area contributed by atoms with Crippen LogP contribution in [-0.4, -0.2) is 58.7 Å². The number of ether oxygens (including phenoxy) is 1. The van der Waals surface area contributed by atoms with E-state index >= 15 is 0 Å². The zero-order valence-electron chi connectivity index (χ0n) is 22.1. The highest BCUT2D eigenvalue weighted by Crippen LogP contribution is 2.25. The summed E-state index contributed by atoms with van der Waals surface area (Å²) < 4.78 is 6.99. The Hall–Kier alpha value is -3.96. The van der Waals surface area contributed by atoms with E-state index in [1.54, 1.807) is 36.1 Å². The fraction of sp³-hybridized carbons (Fsp3) is 0.258. The Morgan fingerprint density at radius 2 is 1.54 bits per heavy atom. The summed E-state index contributed by atoms with van der Waals surface area (Å²) >= 11 is 6.13. The van der Waals surface area contributed by atoms with E-state index < -0.39 is 0 Å². The van der Waals surface area contributed by atoms with E-state index in [1.807, 2.05) is 43.3 Å². The molecule has 8 heteroatoms. The van der Waals surface area contributed by atoms with Crippen LogP contribution in [0.15, 0.2) is 72.8 Å². The Balaban J connectivity index is 1.38. The summed E-state index contributed by atoms with van der Waals surface area (Å²) in [4.78, 5) is 18.2. The van der Waals surface area contributed by atoms with Gasteiger partial charge in [0.1, 0.15) is 17.4 Å². The Morgan fingerprint density at radius 1 is 0.923 bits per heavy atom. The topological polar surface area (TPSA) is 74.4 Å². The highest BCUT2D eigenvalue weighted by molar-refractivity contribution is 6.30. The van der Waals surface area contributed by atoms with E-state index in [0.717, 1.165) is 49.7 Å². The van der Waals surface area contributed by atoms with Crippen molar-refractivity contribution in [1.82, 2.24) is 19.6 Å². The van der Waals surface area contributed by atoms with Crippen LogP contribution in [0.3, 0.4) is 0 Å². The van der Waals surface area contributed by atoms with Gasteiger partial charge in [0.25, 0.3) is 0 Å². The first-order chi connectivity index (χ1) is 18.9. The Bertz CT molecular complexity index is 1480. The number of halogens is 1. The normalized spacial score (nSPS) is 14.2. The molecule has 4 aromatic rings. The molecule has 0 radical (unpaired) electrons. The molecule has 2 heterocycles. The lowest BCUT2D eigenvalue weighted by atomic mass is 10.0. The van der Waals surface area contributed by atoms with Crippen molar-refractivity contribution in [2.45, 2.75) is 20.0 Å². The molecule has 198 valence electrons. The number of hydrogen-bond acceptors (Lipinski definition) is 6. The molecule has 1 saturated heterocycles. The molecular weight excluding hydrogens is 510 g/mol. The van der Waals surface area contributed by atoms with Gasteiger partial charge in [-0.2, -0.15) is 10.4 Å². The number of aromatic nitrogens is 2. The summed E-state index contributed by atoms with van der Waals surface area (Å²) in [7, 11) is 1.67. The Morgan fingerprint density at radius 3 is 2.13 bits per heavy atom. The smallest absolute Gasteiger partial charge is 0.214 e. The molecule has 0 atom stereocenters. The summed E-state index contributed by atoms with van der Waals surface area (Å²) in [6, 6.07) is 25.1. The predicted octanol–water partition coefficient (Wildman–Crippen LogP) is 5.26. The SMILES string of the molecule is COc1ccc(CN2CCN(Cc3c(C#N)c(C(=O)c4ccc(C)cc4)nn3-c3ccc(Cl)cc3)CC2)cc1. The highest BCUT2D eigenvalue weighted by atomic mass is 35.5. The first-order valence-corrected chi connectivity index (χ1v) is 13.3. The van der Waals surface area contributed by atoms with E-state index in [0.29, 0.717) is 28.4 Å². The monoisotopic (exact) mass is 539 g/mol. The molecule has 0 aliphatic carbocycles. The second-order valence-corrected chi connectivity index (χ2v) is 10.2. The molecule has 0 bridgehead atoms. The molecule has 0 unspecified atom stereocenters. The van der Waals surface area contributed by atoms with Crippen LogP contribution in [0.2, 0.25) is 5.02 Å². The molecule has 1 aromatic heterocycles. The van der Waals surface area contributed by atoms with Crippen LogP contribution in [0.1, 0.15) is 38.4 Å². The lowest BCUT2D eigenvalue weighted by molar-refractivity contribution is 0.103. The van der Waals surface area contributed by atoms with Crippen LogP contribution in [0.4, 0.5) is 0 Å². The number of aryl methyl sites for hydroxylation is 1. The molecule has 0 amide bonds. The zero-order valence-corrected chi connectivity index (χ0v) is 22.9. The first kappa shape index (κ1) is 26.6. The van der Waals surface area contributed by atoms with Crippen molar-refractivity contribution in [3.05, 3.63) is 111 Å². The van der Waals surface area contributed by atoms with Crippen molar-refractivity contribution < 1.29 is 9.53 Å². The molecule has 0 saturated carbocycles. The Kier molecular flexibility index (Phi) is 8.08. The summed E-state index contributed by atoms with van der Waals surface area (Å²) in [5.41, 5.74) is 4.77. The number of carbonyl (C=O) groups excluding carboxylic acids is 1. The van der Waals surface area contributed by atoms with Gasteiger partial charge in [-0.3, -0.25) is 14.6 Å². The lowest BCUT2D eigenvalue weighted by Crippen LogP contribution is -2.45. The maximum absolute atomic E-state index is 13.5. The molecule has 39 heavy (non-hydrogen) atoms. The third-order valence-electron chi connectivity index (χ3n) is 7.10. The third-order valence-corrected chi connectivity index (χ3v) is 7.35. The lowest BCUT2D eigenvalue weighted by Gasteiger charge is -2.34. The van der Waals surface area contributed by atoms with E-state index in [4.69, 9.17) is 16.3 Å². The maximum Gasteiger partial charge on any atom is 0.214 e. The largest absolute Gasteiger partial charge is 0.497 e. The minimum Gasteiger partial charge on any atom is -0.497 e. The first-order valence-electron chi connectivity index (χ1n) is 12.9. The molecule has 0 spiro atoms. The van der Waals surface area contributed by atoms with Gasteiger partial charge in [-0.15, -0.1) is 0 Å². The van der Waals surface area contributed by atoms with Crippen molar-refractivity contribution >= 4 is 17.4 Å². The molecule has 5 rings (SSSR count). The minimum absolute atomic E-state index is 0.171. The molecular formula is C31H30ClN5O2. The molecule has 1 fully saturated rings. The second-order valence-electron chi connectivity index (χ2n) is 9.77. The summed E-state index contributed by atoms with van der Waals surface area (Å²) in [6.45, 7) is 6.84. The van der Waals surface area contributed by atoms with Crippen LogP contribution in [0.25, 0.3) is 5.69 Å². The number of nitrogens with zero attached hydrogens (tertiary/aromatic N) is 5. The van der Waals surface area contributed by atoms with E-state index in [-0.39, 0.29) is 11.5 Å². The molecule has 0 N–H and O–H groups in total. The van der Waals surface area contributed by atoms with E-state index in [9.17, 15) is 10.1 Å². The number of ketones is 1. The fourth-order valence-corrected chi connectivity index (χ4v) is 4.95. The van der Waals surface area contributed by atoms with Crippen LogP contribution in [0.5, 0.6) is 5.75 Å². The Labute approximate surface area is 233 Å². The van der Waals surface area contributed by atoms with Crippen LogP contribution >= 0.6 is 11.6 Å². The van der Waals surface area contributed by atoms with Gasteiger partial charge >= 0.3 is 0 Å². The van der Waals surface area contributed by atoms with E-state index in [2.05, 4.69) is 33.1 Å². The van der Waals surface area contributed by atoms with Gasteiger partial charge < -0.3 is 4.74 Å². The quantitative estimate of drug-likeness (QED) is 0.284. The number of piperazine rings is 1. The summed E-state index contributed by atoms with van der Waals surface area (Å²) in [5.74, 6) is 0.596. The van der Waals surface area contributed by atoms with Crippen molar-refractivity contribution in [3.63, 3.8) is 0 Å². The van der Waals surface area contributed by atoms with Gasteiger partial charge in [0.15, 0.2) is 5.69 Å². The highest BCUT2D eigenvalue weighted by Gasteiger charge is 2.27. The van der Waals surface area contributed by atoms with Gasteiger partial charge in [-0.25, -0.2) is 4.68 Å². The van der Waals surface area contributed by atoms with Gasteiger partial charge in [-0.05, 0) is 48.9 Å². The number of carbonyl (C=O) groups is 1. The van der Waals surface area contributed by atoms with Gasteiger partial charge in [0, 0.05) is 49.9 Å². The molecule has 3 aromatic carbocycles. The zero-order chi connectivity index (χ0) is 27.4. The van der Waals surface area contributed by atoms with Crippen molar-refractivity contribution in [3.8, 4) is 17.5 Å². The van der Waals surface area contributed by atoms with Gasteiger partial charge in [0.05, 0.1) is 18.5 Å². The number of benzene rings is 3.